The van der Waals surface area contributed by atoms with Crippen molar-refractivity contribution in [1.29, 1.82) is 0 Å². The molecule has 3 heterocycles. The molecule has 106 valence electrons. The Hall–Kier alpha value is -2.25. The molecule has 1 fully saturated rings. The fourth-order valence-corrected chi connectivity index (χ4v) is 2.61. The molecule has 2 aromatic rings. The third-order valence-corrected chi connectivity index (χ3v) is 3.67. The highest BCUT2D eigenvalue weighted by molar-refractivity contribution is 5.92. The molecule has 1 aliphatic heterocycles. The smallest absolute Gasteiger partial charge is 0.291 e. The maximum absolute atomic E-state index is 12.4. The molecule has 0 aromatic carbocycles. The summed E-state index contributed by atoms with van der Waals surface area (Å²) >= 11 is 0. The van der Waals surface area contributed by atoms with Crippen LogP contribution in [0, 0.1) is 6.92 Å². The van der Waals surface area contributed by atoms with Gasteiger partial charge in [0.15, 0.2) is 12.2 Å². The number of rotatable bonds is 2. The summed E-state index contributed by atoms with van der Waals surface area (Å²) in [5, 5.41) is 11.6. The van der Waals surface area contributed by atoms with Crippen molar-refractivity contribution in [3.05, 3.63) is 23.7 Å². The molecule has 1 amide bonds. The Morgan fingerprint density at radius 3 is 3.00 bits per heavy atom. The Balaban J connectivity index is 1.77. The molecule has 1 aliphatic rings. The molecule has 1 atom stereocenters. The first-order valence-electron chi connectivity index (χ1n) is 6.58. The summed E-state index contributed by atoms with van der Waals surface area (Å²) in [6.07, 6.45) is 3.21. The molecule has 0 N–H and O–H groups in total. The molecule has 0 spiro atoms. The van der Waals surface area contributed by atoms with Crippen LogP contribution in [0.15, 0.2) is 10.8 Å². The van der Waals surface area contributed by atoms with Crippen molar-refractivity contribution in [3.8, 4) is 0 Å². The Labute approximate surface area is 115 Å². The van der Waals surface area contributed by atoms with Crippen molar-refractivity contribution >= 4 is 5.91 Å². The quantitative estimate of drug-likeness (QED) is 0.794. The van der Waals surface area contributed by atoms with Gasteiger partial charge < -0.3 is 9.32 Å². The van der Waals surface area contributed by atoms with Crippen LogP contribution in [0.5, 0.6) is 0 Å². The number of carbonyl (C=O) groups excluding carboxylic acids is 1. The minimum absolute atomic E-state index is 0.111. The van der Waals surface area contributed by atoms with Gasteiger partial charge in [0.1, 0.15) is 0 Å². The zero-order valence-corrected chi connectivity index (χ0v) is 11.5. The number of nitrogens with zero attached hydrogens (tertiary/aromatic N) is 6. The number of aryl methyl sites for hydroxylation is 2. The standard InChI is InChI=1S/C12H16N6O2/c1-8-10(20-7-13-8)12(19)18-5-3-4-9(6-18)11-14-15-16-17(11)2/h7,9H,3-6H2,1-2H3. The third kappa shape index (κ3) is 2.17. The molecule has 8 nitrogen and oxygen atoms in total. The molecule has 2 aromatic heterocycles. The van der Waals surface area contributed by atoms with Gasteiger partial charge in [0.2, 0.25) is 5.76 Å². The Morgan fingerprint density at radius 1 is 1.50 bits per heavy atom. The molecule has 1 saturated heterocycles. The van der Waals surface area contributed by atoms with Crippen LogP contribution in [0.25, 0.3) is 0 Å². The second-order valence-electron chi connectivity index (χ2n) is 5.02. The Morgan fingerprint density at radius 2 is 2.35 bits per heavy atom. The summed E-state index contributed by atoms with van der Waals surface area (Å²) in [6.45, 7) is 3.10. The van der Waals surface area contributed by atoms with E-state index in [1.807, 2.05) is 7.05 Å². The van der Waals surface area contributed by atoms with Gasteiger partial charge in [-0.2, -0.15) is 0 Å². The Kier molecular flexibility index (Phi) is 3.21. The fourth-order valence-electron chi connectivity index (χ4n) is 2.61. The van der Waals surface area contributed by atoms with Crippen LogP contribution in [-0.4, -0.2) is 49.1 Å². The van der Waals surface area contributed by atoms with Crippen LogP contribution < -0.4 is 0 Å². The monoisotopic (exact) mass is 276 g/mol. The topological polar surface area (TPSA) is 89.9 Å². The van der Waals surface area contributed by atoms with E-state index in [1.54, 1.807) is 16.5 Å². The number of hydrogen-bond donors (Lipinski definition) is 0. The van der Waals surface area contributed by atoms with Gasteiger partial charge in [0.05, 0.1) is 5.69 Å². The predicted octanol–water partition coefficient (Wildman–Crippen LogP) is 0.526. The lowest BCUT2D eigenvalue weighted by atomic mass is 9.97. The number of carbonyl (C=O) groups is 1. The van der Waals surface area contributed by atoms with Gasteiger partial charge in [-0.05, 0) is 30.2 Å². The normalized spacial score (nSPS) is 19.3. The van der Waals surface area contributed by atoms with Gasteiger partial charge in [0, 0.05) is 26.1 Å². The van der Waals surface area contributed by atoms with Crippen LogP contribution in [0.4, 0.5) is 0 Å². The van der Waals surface area contributed by atoms with Gasteiger partial charge in [-0.25, -0.2) is 9.67 Å². The first kappa shape index (κ1) is 12.8. The van der Waals surface area contributed by atoms with Crippen molar-refractivity contribution < 1.29 is 9.21 Å². The fraction of sp³-hybridized carbons (Fsp3) is 0.583. The lowest BCUT2D eigenvalue weighted by Gasteiger charge is -2.31. The number of aromatic nitrogens is 5. The molecule has 0 saturated carbocycles. The van der Waals surface area contributed by atoms with E-state index in [0.29, 0.717) is 18.0 Å². The first-order chi connectivity index (χ1) is 9.66. The largest absolute Gasteiger partial charge is 0.438 e. The summed E-state index contributed by atoms with van der Waals surface area (Å²) in [5.74, 6) is 1.19. The number of likely N-dealkylation sites (tertiary alicyclic amines) is 1. The van der Waals surface area contributed by atoms with Crippen molar-refractivity contribution in [2.24, 2.45) is 7.05 Å². The maximum Gasteiger partial charge on any atom is 0.291 e. The van der Waals surface area contributed by atoms with Crippen LogP contribution >= 0.6 is 0 Å². The maximum atomic E-state index is 12.4. The number of oxazole rings is 1. The highest BCUT2D eigenvalue weighted by Crippen LogP contribution is 2.26. The lowest BCUT2D eigenvalue weighted by Crippen LogP contribution is -2.39. The number of piperidine rings is 1. The van der Waals surface area contributed by atoms with Crippen molar-refractivity contribution in [3.63, 3.8) is 0 Å². The van der Waals surface area contributed by atoms with E-state index in [0.717, 1.165) is 25.2 Å². The van der Waals surface area contributed by atoms with Gasteiger partial charge >= 0.3 is 0 Å². The summed E-state index contributed by atoms with van der Waals surface area (Å²) in [5.41, 5.74) is 0.623. The molecule has 0 radical (unpaired) electrons. The molecule has 8 heteroatoms. The van der Waals surface area contributed by atoms with Crippen LogP contribution in [0.1, 0.15) is 40.8 Å². The van der Waals surface area contributed by atoms with Gasteiger partial charge in [-0.3, -0.25) is 4.79 Å². The van der Waals surface area contributed by atoms with Crippen molar-refractivity contribution in [2.75, 3.05) is 13.1 Å². The van der Waals surface area contributed by atoms with Gasteiger partial charge in [0.25, 0.3) is 5.91 Å². The molecule has 20 heavy (non-hydrogen) atoms. The van der Waals surface area contributed by atoms with Crippen LogP contribution in [0.2, 0.25) is 0 Å². The minimum Gasteiger partial charge on any atom is -0.438 e. The molecular weight excluding hydrogens is 260 g/mol. The summed E-state index contributed by atoms with van der Waals surface area (Å²) in [7, 11) is 1.82. The number of amides is 1. The van der Waals surface area contributed by atoms with Crippen molar-refractivity contribution in [1.82, 2.24) is 30.1 Å². The van der Waals surface area contributed by atoms with E-state index in [-0.39, 0.29) is 11.8 Å². The van der Waals surface area contributed by atoms with Crippen molar-refractivity contribution in [2.45, 2.75) is 25.7 Å². The summed E-state index contributed by atoms with van der Waals surface area (Å²) < 4.78 is 6.85. The number of hydrogen-bond acceptors (Lipinski definition) is 6. The summed E-state index contributed by atoms with van der Waals surface area (Å²) in [4.78, 5) is 18.2. The molecule has 0 bridgehead atoms. The van der Waals surface area contributed by atoms with E-state index in [1.165, 1.54) is 6.39 Å². The molecular formula is C12H16N6O2. The van der Waals surface area contributed by atoms with E-state index >= 15 is 0 Å². The lowest BCUT2D eigenvalue weighted by molar-refractivity contribution is 0.0670. The SMILES string of the molecule is Cc1ncoc1C(=O)N1CCCC(c2nnnn2C)C1. The Bertz CT molecular complexity index is 619. The first-order valence-corrected chi connectivity index (χ1v) is 6.58. The molecule has 1 unspecified atom stereocenters. The second-order valence-corrected chi connectivity index (χ2v) is 5.02. The third-order valence-electron chi connectivity index (χ3n) is 3.67. The highest BCUT2D eigenvalue weighted by atomic mass is 16.3. The van der Waals surface area contributed by atoms with E-state index in [2.05, 4.69) is 20.5 Å². The van der Waals surface area contributed by atoms with Gasteiger partial charge in [-0.15, -0.1) is 5.10 Å². The zero-order chi connectivity index (χ0) is 14.1. The molecule has 3 rings (SSSR count). The molecule has 0 aliphatic carbocycles. The highest BCUT2D eigenvalue weighted by Gasteiger charge is 2.30. The predicted molar refractivity (Wildman–Crippen MR) is 67.9 cm³/mol. The van der Waals surface area contributed by atoms with E-state index in [4.69, 9.17) is 4.42 Å². The van der Waals surface area contributed by atoms with E-state index < -0.39 is 0 Å². The number of tetrazole rings is 1. The average molecular weight is 276 g/mol. The van der Waals surface area contributed by atoms with Crippen LogP contribution in [-0.2, 0) is 7.05 Å². The minimum atomic E-state index is -0.111. The zero-order valence-electron chi connectivity index (χ0n) is 11.5. The van der Waals surface area contributed by atoms with Crippen LogP contribution in [0.3, 0.4) is 0 Å². The van der Waals surface area contributed by atoms with E-state index in [9.17, 15) is 4.79 Å². The summed E-state index contributed by atoms with van der Waals surface area (Å²) in [6, 6.07) is 0. The second kappa shape index (κ2) is 5.03. The van der Waals surface area contributed by atoms with Gasteiger partial charge in [-0.1, -0.05) is 0 Å². The average Bonchev–Trinajstić information content (AvgIpc) is 3.07.